The molecule has 4 N–H and O–H groups in total. The average molecular weight is 113 g/mol. The van der Waals surface area contributed by atoms with Crippen molar-refractivity contribution in [3.8, 4) is 0 Å². The Morgan fingerprint density at radius 3 is 2.75 bits per heavy atom. The molecule has 1 heterocycles. The number of hydrazine groups is 1. The van der Waals surface area contributed by atoms with Gasteiger partial charge < -0.3 is 10.6 Å². The van der Waals surface area contributed by atoms with Crippen LogP contribution in [0.3, 0.4) is 0 Å². The monoisotopic (exact) mass is 113 g/mol. The Morgan fingerprint density at radius 1 is 1.62 bits per heavy atom. The highest BCUT2D eigenvalue weighted by atomic mass is 16.7. The first-order chi connectivity index (χ1) is 3.79. The van der Waals surface area contributed by atoms with Crippen molar-refractivity contribution in [2.24, 2.45) is 11.6 Å². The van der Waals surface area contributed by atoms with Crippen LogP contribution in [0.15, 0.2) is 24.2 Å². The molecule has 0 unspecified atom stereocenters. The van der Waals surface area contributed by atoms with E-state index in [4.69, 9.17) is 11.6 Å². The average Bonchev–Trinajstić information content (AvgIpc) is 1.64. The predicted molar refractivity (Wildman–Crippen MR) is 28.5 cm³/mol. The van der Waals surface area contributed by atoms with E-state index in [1.807, 2.05) is 0 Å². The summed E-state index contributed by atoms with van der Waals surface area (Å²) in [7, 11) is 0. The molecule has 0 radical (unpaired) electrons. The van der Waals surface area contributed by atoms with Gasteiger partial charge >= 0.3 is 0 Å². The third kappa shape index (κ3) is 0.913. The molecule has 44 valence electrons. The second-order valence-electron chi connectivity index (χ2n) is 1.40. The van der Waals surface area contributed by atoms with Crippen molar-refractivity contribution in [2.45, 2.75) is 0 Å². The summed E-state index contributed by atoms with van der Waals surface area (Å²) in [6, 6.07) is 0. The van der Waals surface area contributed by atoms with Crippen LogP contribution in [-0.4, -0.2) is 5.17 Å². The van der Waals surface area contributed by atoms with Gasteiger partial charge in [-0.15, -0.1) is 5.17 Å². The fourth-order valence-corrected chi connectivity index (χ4v) is 0.400. The predicted octanol–water partition coefficient (Wildman–Crippen LogP) is -0.579. The van der Waals surface area contributed by atoms with Gasteiger partial charge in [-0.1, -0.05) is 0 Å². The molecular weight excluding hydrogens is 106 g/mol. The lowest BCUT2D eigenvalue weighted by Gasteiger charge is -2.14. The minimum atomic E-state index is 0.582. The summed E-state index contributed by atoms with van der Waals surface area (Å²) in [4.78, 5) is 4.62. The Labute approximate surface area is 46.9 Å². The van der Waals surface area contributed by atoms with Crippen LogP contribution in [0.4, 0.5) is 0 Å². The first kappa shape index (κ1) is 4.99. The number of hydrogen-bond donors (Lipinski definition) is 2. The van der Waals surface area contributed by atoms with Crippen molar-refractivity contribution in [1.29, 1.82) is 0 Å². The van der Waals surface area contributed by atoms with E-state index in [-0.39, 0.29) is 0 Å². The summed E-state index contributed by atoms with van der Waals surface area (Å²) < 4.78 is 0. The second kappa shape index (κ2) is 1.75. The molecule has 8 heavy (non-hydrogen) atoms. The zero-order chi connectivity index (χ0) is 5.98. The molecule has 1 aliphatic rings. The van der Waals surface area contributed by atoms with E-state index in [1.54, 1.807) is 6.08 Å². The molecule has 0 saturated heterocycles. The molecule has 0 fully saturated rings. The molecule has 0 bridgehead atoms. The highest BCUT2D eigenvalue weighted by Gasteiger charge is 1.94. The van der Waals surface area contributed by atoms with Gasteiger partial charge in [0.1, 0.15) is 6.26 Å². The smallest absolute Gasteiger partial charge is 0.123 e. The van der Waals surface area contributed by atoms with Crippen LogP contribution in [0.1, 0.15) is 0 Å². The van der Waals surface area contributed by atoms with Crippen LogP contribution < -0.4 is 11.6 Å². The van der Waals surface area contributed by atoms with Crippen molar-refractivity contribution in [3.05, 3.63) is 24.2 Å². The standard InChI is InChI=1S/C4H7N3O/c5-4-1-2-8-7(6)3-4/h1-3H,5-6H2. The SMILES string of the molecule is NC1=CN(N)OC=C1. The summed E-state index contributed by atoms with van der Waals surface area (Å²) in [5.41, 5.74) is 5.88. The Kier molecular flexibility index (Phi) is 1.09. The van der Waals surface area contributed by atoms with Gasteiger partial charge in [0.05, 0.1) is 11.9 Å². The van der Waals surface area contributed by atoms with Crippen LogP contribution >= 0.6 is 0 Å². The second-order valence-corrected chi connectivity index (χ2v) is 1.40. The molecule has 1 rings (SSSR count). The Morgan fingerprint density at radius 2 is 2.38 bits per heavy atom. The Hall–Kier alpha value is -1.16. The van der Waals surface area contributed by atoms with E-state index in [2.05, 4.69) is 4.84 Å². The quantitative estimate of drug-likeness (QED) is 0.412. The first-order valence-electron chi connectivity index (χ1n) is 2.13. The summed E-state index contributed by atoms with van der Waals surface area (Å²) in [6.45, 7) is 0. The van der Waals surface area contributed by atoms with Gasteiger partial charge in [0.15, 0.2) is 0 Å². The van der Waals surface area contributed by atoms with Crippen LogP contribution in [0.2, 0.25) is 0 Å². The lowest BCUT2D eigenvalue weighted by Crippen LogP contribution is -2.26. The van der Waals surface area contributed by atoms with Crippen LogP contribution in [0.25, 0.3) is 0 Å². The molecule has 0 saturated carbocycles. The third-order valence-corrected chi connectivity index (χ3v) is 0.719. The van der Waals surface area contributed by atoms with Gasteiger partial charge in [-0.25, -0.2) is 5.84 Å². The summed E-state index contributed by atoms with van der Waals surface area (Å²) >= 11 is 0. The molecule has 4 nitrogen and oxygen atoms in total. The van der Waals surface area contributed by atoms with Crippen molar-refractivity contribution in [1.82, 2.24) is 5.17 Å². The zero-order valence-corrected chi connectivity index (χ0v) is 4.24. The number of allylic oxidation sites excluding steroid dienone is 1. The van der Waals surface area contributed by atoms with Gasteiger partial charge in [0.25, 0.3) is 0 Å². The van der Waals surface area contributed by atoms with Crippen LogP contribution in [0.5, 0.6) is 0 Å². The van der Waals surface area contributed by atoms with Gasteiger partial charge in [0, 0.05) is 6.08 Å². The minimum absolute atomic E-state index is 0.582. The van der Waals surface area contributed by atoms with Gasteiger partial charge in [0.2, 0.25) is 0 Å². The Balaban J connectivity index is 2.63. The molecule has 0 spiro atoms. The van der Waals surface area contributed by atoms with E-state index < -0.39 is 0 Å². The maximum atomic E-state index is 5.30. The van der Waals surface area contributed by atoms with Crippen LogP contribution in [0, 0.1) is 0 Å². The third-order valence-electron chi connectivity index (χ3n) is 0.719. The van der Waals surface area contributed by atoms with E-state index in [9.17, 15) is 0 Å². The van der Waals surface area contributed by atoms with Gasteiger partial charge in [-0.3, -0.25) is 0 Å². The number of nitrogens with zero attached hydrogens (tertiary/aromatic N) is 1. The molecule has 4 heteroatoms. The highest BCUT2D eigenvalue weighted by molar-refractivity contribution is 5.13. The number of hydroxylamine groups is 1. The molecule has 0 aliphatic carbocycles. The van der Waals surface area contributed by atoms with E-state index >= 15 is 0 Å². The maximum absolute atomic E-state index is 5.30. The molecule has 0 aromatic rings. The molecule has 1 aliphatic heterocycles. The molecule has 0 amide bonds. The lowest BCUT2D eigenvalue weighted by molar-refractivity contribution is -0.0624. The normalized spacial score (nSPS) is 17.6. The van der Waals surface area contributed by atoms with E-state index in [1.165, 1.54) is 12.5 Å². The van der Waals surface area contributed by atoms with Crippen molar-refractivity contribution in [2.75, 3.05) is 0 Å². The maximum Gasteiger partial charge on any atom is 0.123 e. The minimum Gasteiger partial charge on any atom is -0.397 e. The number of hydrogen-bond acceptors (Lipinski definition) is 4. The summed E-state index contributed by atoms with van der Waals surface area (Å²) in [5, 5.41) is 1.04. The Bertz CT molecular complexity index is 140. The van der Waals surface area contributed by atoms with Gasteiger partial charge in [-0.2, -0.15) is 0 Å². The fraction of sp³-hybridized carbons (Fsp3) is 0. The summed E-state index contributed by atoms with van der Waals surface area (Å²) in [6.07, 6.45) is 4.50. The highest BCUT2D eigenvalue weighted by Crippen LogP contribution is 1.97. The largest absolute Gasteiger partial charge is 0.397 e. The molecule has 0 aromatic carbocycles. The molecular formula is C4H7N3O. The van der Waals surface area contributed by atoms with Crippen molar-refractivity contribution >= 4 is 0 Å². The molecule has 0 aromatic heterocycles. The topological polar surface area (TPSA) is 64.5 Å². The fourth-order valence-electron chi connectivity index (χ4n) is 0.400. The van der Waals surface area contributed by atoms with Crippen LogP contribution in [-0.2, 0) is 4.84 Å². The van der Waals surface area contributed by atoms with Crippen molar-refractivity contribution < 1.29 is 4.84 Å². The van der Waals surface area contributed by atoms with E-state index in [0.29, 0.717) is 5.70 Å². The van der Waals surface area contributed by atoms with E-state index in [0.717, 1.165) is 5.17 Å². The first-order valence-corrected chi connectivity index (χ1v) is 2.13. The zero-order valence-electron chi connectivity index (χ0n) is 4.24. The number of nitrogens with two attached hydrogens (primary N) is 2. The van der Waals surface area contributed by atoms with Crippen molar-refractivity contribution in [3.63, 3.8) is 0 Å². The molecule has 0 atom stereocenters. The summed E-state index contributed by atoms with van der Waals surface area (Å²) in [5.74, 6) is 5.13. The number of rotatable bonds is 0. The van der Waals surface area contributed by atoms with Gasteiger partial charge in [-0.05, 0) is 0 Å². The lowest BCUT2D eigenvalue weighted by atomic mass is 10.5.